The normalized spacial score (nSPS) is 16.6. The molecule has 2 atom stereocenters. The molecule has 8 nitrogen and oxygen atoms in total. The molecule has 2 aromatic heterocycles. The first-order valence-corrected chi connectivity index (χ1v) is 15.1. The van der Waals surface area contributed by atoms with E-state index in [2.05, 4.69) is 44.2 Å². The molecule has 0 spiro atoms. The van der Waals surface area contributed by atoms with Gasteiger partial charge in [-0.05, 0) is 60.0 Å². The van der Waals surface area contributed by atoms with E-state index in [-0.39, 0.29) is 18.7 Å². The average Bonchev–Trinajstić information content (AvgIpc) is 3.02. The molecule has 1 aliphatic rings. The van der Waals surface area contributed by atoms with Crippen LogP contribution in [0.1, 0.15) is 24.5 Å². The van der Waals surface area contributed by atoms with Crippen molar-refractivity contribution in [2.45, 2.75) is 32.9 Å². The summed E-state index contributed by atoms with van der Waals surface area (Å²) in [6.45, 7) is 5.56. The summed E-state index contributed by atoms with van der Waals surface area (Å²) in [6, 6.07) is 25.5. The molecule has 3 aromatic carbocycles. The lowest BCUT2D eigenvalue weighted by molar-refractivity contribution is 0.0783. The zero-order valence-corrected chi connectivity index (χ0v) is 25.6. The van der Waals surface area contributed by atoms with Crippen LogP contribution in [-0.4, -0.2) is 45.1 Å². The van der Waals surface area contributed by atoms with Crippen LogP contribution in [0.2, 0.25) is 0 Å². The molecule has 0 saturated carbocycles. The van der Waals surface area contributed by atoms with E-state index in [9.17, 15) is 4.79 Å². The maximum Gasteiger partial charge on any atom is 0.410 e. The fourth-order valence-corrected chi connectivity index (χ4v) is 5.98. The molecule has 1 aliphatic heterocycles. The van der Waals surface area contributed by atoms with Crippen LogP contribution in [0.25, 0.3) is 22.0 Å². The molecule has 0 bridgehead atoms. The Kier molecular flexibility index (Phi) is 8.51. The number of rotatable bonds is 7. The first kappa shape index (κ1) is 28.6. The number of likely N-dealkylation sites (tertiary alicyclic amines) is 1. The first-order chi connectivity index (χ1) is 20.9. The van der Waals surface area contributed by atoms with Crippen LogP contribution < -0.4 is 10.1 Å². The summed E-state index contributed by atoms with van der Waals surface area (Å²) in [5.41, 5.74) is 3.40. The third-order valence-corrected chi connectivity index (χ3v) is 8.20. The number of ether oxygens (including phenoxy) is 2. The lowest BCUT2D eigenvalue weighted by Gasteiger charge is -2.36. The van der Waals surface area contributed by atoms with Crippen molar-refractivity contribution in [1.82, 2.24) is 19.9 Å². The number of nitrogens with one attached hydrogen (secondary N) is 1. The lowest BCUT2D eigenvalue weighted by atomic mass is 9.96. The Morgan fingerprint density at radius 1 is 0.953 bits per heavy atom. The summed E-state index contributed by atoms with van der Waals surface area (Å²) in [4.78, 5) is 28.5. The van der Waals surface area contributed by atoms with Crippen molar-refractivity contribution < 1.29 is 14.3 Å². The van der Waals surface area contributed by atoms with E-state index in [0.717, 1.165) is 44.1 Å². The van der Waals surface area contributed by atoms with Crippen LogP contribution in [0.5, 0.6) is 11.6 Å². The summed E-state index contributed by atoms with van der Waals surface area (Å²) in [5, 5.41) is 5.51. The summed E-state index contributed by atoms with van der Waals surface area (Å²) in [6.07, 6.45) is 4.00. The maximum absolute atomic E-state index is 12.9. The average molecular weight is 639 g/mol. The van der Waals surface area contributed by atoms with E-state index < -0.39 is 0 Å². The molecular weight excluding hydrogens is 606 g/mol. The fourth-order valence-electron chi connectivity index (χ4n) is 5.48. The molecule has 0 radical (unpaired) electrons. The number of aryl methyl sites for hydroxylation is 1. The Labute approximate surface area is 259 Å². The zero-order valence-electron chi connectivity index (χ0n) is 24.0. The van der Waals surface area contributed by atoms with Crippen molar-refractivity contribution in [3.05, 3.63) is 107 Å². The van der Waals surface area contributed by atoms with E-state index in [1.165, 1.54) is 0 Å². The van der Waals surface area contributed by atoms with Crippen LogP contribution >= 0.6 is 15.9 Å². The van der Waals surface area contributed by atoms with Gasteiger partial charge in [-0.1, -0.05) is 77.5 Å². The lowest BCUT2D eigenvalue weighted by Crippen LogP contribution is -2.48. The fraction of sp³-hybridized carbons (Fsp3) is 0.235. The highest BCUT2D eigenvalue weighted by atomic mass is 79.9. The Morgan fingerprint density at radius 2 is 1.81 bits per heavy atom. The van der Waals surface area contributed by atoms with Gasteiger partial charge in [0.25, 0.3) is 0 Å². The Balaban J connectivity index is 1.19. The van der Waals surface area contributed by atoms with Crippen molar-refractivity contribution in [1.29, 1.82) is 0 Å². The SMILES string of the molecule is Cc1ccc2c(Br)cccc2c1Oc1ncccc1-c1ccnc(NC2CC(C)CN(C(=O)OCc3ccccc3)C2)n1. The number of fused-ring (bicyclic) bond motifs is 1. The van der Waals surface area contributed by atoms with Gasteiger partial charge in [0.05, 0.1) is 11.3 Å². The number of carbonyl (C=O) groups excluding carboxylic acids is 1. The summed E-state index contributed by atoms with van der Waals surface area (Å²) < 4.78 is 13.1. The smallest absolute Gasteiger partial charge is 0.410 e. The number of halogens is 1. The number of hydrogen-bond acceptors (Lipinski definition) is 7. The molecule has 43 heavy (non-hydrogen) atoms. The molecule has 2 unspecified atom stereocenters. The minimum atomic E-state index is -0.315. The molecular formula is C34H32BrN5O3. The standard InChI is InChI=1S/C34H32BrN5O3/c1-22-18-25(20-40(19-22)34(41)42-21-24-8-4-3-5-9-24)38-33-37-17-15-30(39-33)28-11-7-16-36-32(28)43-31-23(2)13-14-26-27(31)10-6-12-29(26)35/h3-17,22,25H,18-21H2,1-2H3,(H,37,38,39). The highest BCUT2D eigenvalue weighted by Gasteiger charge is 2.29. The molecule has 218 valence electrons. The molecule has 6 rings (SSSR count). The Morgan fingerprint density at radius 3 is 2.67 bits per heavy atom. The predicted molar refractivity (Wildman–Crippen MR) is 171 cm³/mol. The van der Waals surface area contributed by atoms with Crippen molar-refractivity contribution in [3.63, 3.8) is 0 Å². The van der Waals surface area contributed by atoms with Crippen LogP contribution in [-0.2, 0) is 11.3 Å². The number of anilines is 1. The van der Waals surface area contributed by atoms with E-state index in [4.69, 9.17) is 14.5 Å². The quantitative estimate of drug-likeness (QED) is 0.193. The van der Waals surface area contributed by atoms with Crippen molar-refractivity contribution in [2.24, 2.45) is 5.92 Å². The summed E-state index contributed by atoms with van der Waals surface area (Å²) >= 11 is 3.65. The molecule has 0 aliphatic carbocycles. The molecule has 1 saturated heterocycles. The van der Waals surface area contributed by atoms with E-state index in [1.54, 1.807) is 17.3 Å². The van der Waals surface area contributed by atoms with Gasteiger partial charge in [0, 0.05) is 41.4 Å². The van der Waals surface area contributed by atoms with Crippen molar-refractivity contribution in [3.8, 4) is 22.9 Å². The number of amides is 1. The van der Waals surface area contributed by atoms with Crippen molar-refractivity contribution in [2.75, 3.05) is 18.4 Å². The van der Waals surface area contributed by atoms with Crippen molar-refractivity contribution >= 4 is 38.7 Å². The topological polar surface area (TPSA) is 89.5 Å². The number of piperidine rings is 1. The van der Waals surface area contributed by atoms with Gasteiger partial charge in [0.15, 0.2) is 0 Å². The molecule has 1 fully saturated rings. The Bertz CT molecular complexity index is 1750. The van der Waals surface area contributed by atoms with E-state index in [1.807, 2.05) is 79.7 Å². The molecule has 9 heteroatoms. The zero-order chi connectivity index (χ0) is 29.8. The van der Waals surface area contributed by atoms with E-state index in [0.29, 0.717) is 36.5 Å². The number of benzene rings is 3. The number of carbonyl (C=O) groups is 1. The van der Waals surface area contributed by atoms with Gasteiger partial charge in [-0.15, -0.1) is 0 Å². The molecule has 5 aromatic rings. The number of aromatic nitrogens is 3. The summed E-state index contributed by atoms with van der Waals surface area (Å²) in [7, 11) is 0. The van der Waals surface area contributed by atoms with Crippen LogP contribution in [0.4, 0.5) is 10.7 Å². The maximum atomic E-state index is 12.9. The predicted octanol–water partition coefficient (Wildman–Crippen LogP) is 8.01. The monoisotopic (exact) mass is 637 g/mol. The molecule has 1 N–H and O–H groups in total. The number of pyridine rings is 1. The van der Waals surface area contributed by atoms with Gasteiger partial charge in [0.1, 0.15) is 12.4 Å². The minimum Gasteiger partial charge on any atom is -0.445 e. The number of nitrogens with zero attached hydrogens (tertiary/aromatic N) is 4. The number of hydrogen-bond donors (Lipinski definition) is 1. The second-order valence-electron chi connectivity index (χ2n) is 10.9. The van der Waals surface area contributed by atoms with Crippen LogP contribution in [0, 0.1) is 12.8 Å². The van der Waals surface area contributed by atoms with E-state index >= 15 is 0 Å². The van der Waals surface area contributed by atoms with Gasteiger partial charge in [-0.25, -0.2) is 19.7 Å². The highest BCUT2D eigenvalue weighted by Crippen LogP contribution is 2.38. The second kappa shape index (κ2) is 12.8. The van der Waals surface area contributed by atoms with Gasteiger partial charge in [0.2, 0.25) is 11.8 Å². The van der Waals surface area contributed by atoms with Crippen LogP contribution in [0.15, 0.2) is 95.7 Å². The largest absolute Gasteiger partial charge is 0.445 e. The third-order valence-electron chi connectivity index (χ3n) is 7.51. The second-order valence-corrected chi connectivity index (χ2v) is 11.8. The summed E-state index contributed by atoms with van der Waals surface area (Å²) in [5.74, 6) is 1.98. The van der Waals surface area contributed by atoms with Gasteiger partial charge in [-0.2, -0.15) is 0 Å². The Hall–Kier alpha value is -4.50. The van der Waals surface area contributed by atoms with Crippen LogP contribution in [0.3, 0.4) is 0 Å². The van der Waals surface area contributed by atoms with Gasteiger partial charge >= 0.3 is 6.09 Å². The van der Waals surface area contributed by atoms with Gasteiger partial charge in [-0.3, -0.25) is 0 Å². The minimum absolute atomic E-state index is 0.0235. The highest BCUT2D eigenvalue weighted by molar-refractivity contribution is 9.10. The third kappa shape index (κ3) is 6.62. The molecule has 3 heterocycles. The molecule has 1 amide bonds. The van der Waals surface area contributed by atoms with Gasteiger partial charge < -0.3 is 19.7 Å². The first-order valence-electron chi connectivity index (χ1n) is 14.3.